The normalized spacial score (nSPS) is 19.7. The van der Waals surface area contributed by atoms with Crippen LogP contribution < -0.4 is 4.74 Å². The third-order valence-electron chi connectivity index (χ3n) is 2.75. The summed E-state index contributed by atoms with van der Waals surface area (Å²) in [6.45, 7) is 0.789. The smallest absolute Gasteiger partial charge is 0.127 e. The Hall–Kier alpha value is -0.890. The van der Waals surface area contributed by atoms with Crippen molar-refractivity contribution in [2.24, 2.45) is 0 Å². The first-order chi connectivity index (χ1) is 6.95. The van der Waals surface area contributed by atoms with Crippen LogP contribution in [-0.2, 0) is 0 Å². The highest BCUT2D eigenvalue weighted by Gasteiger charge is 2.22. The van der Waals surface area contributed by atoms with Gasteiger partial charge in [0.05, 0.1) is 0 Å². The maximum absolute atomic E-state index is 5.71. The molecule has 0 aliphatic carbocycles. The summed E-state index contributed by atoms with van der Waals surface area (Å²) < 4.78 is 5.71. The van der Waals surface area contributed by atoms with Crippen LogP contribution in [0.3, 0.4) is 0 Å². The fourth-order valence-corrected chi connectivity index (χ4v) is 3.13. The quantitative estimate of drug-likeness (QED) is 0.641. The fourth-order valence-electron chi connectivity index (χ4n) is 2.07. The molecule has 2 aliphatic rings. The topological polar surface area (TPSA) is 9.23 Å². The molecule has 2 heteroatoms. The van der Waals surface area contributed by atoms with Crippen LogP contribution in [0.25, 0.3) is 5.57 Å². The predicted octanol–water partition coefficient (Wildman–Crippen LogP) is 3.32. The van der Waals surface area contributed by atoms with E-state index >= 15 is 0 Å². The number of hydrogen-bond donors (Lipinski definition) is 0. The molecule has 1 nitrogen and oxygen atoms in total. The average molecular weight is 204 g/mol. The van der Waals surface area contributed by atoms with Crippen LogP contribution in [-0.4, -0.2) is 12.4 Å². The summed E-state index contributed by atoms with van der Waals surface area (Å²) in [4.78, 5) is 1.45. The number of thioether (sulfide) groups is 1. The Morgan fingerprint density at radius 1 is 1.21 bits per heavy atom. The lowest BCUT2D eigenvalue weighted by atomic mass is 9.98. The molecule has 0 saturated heterocycles. The standard InChI is InChI=1S/C12H12OS/c1-2-6-11-9(4-1)10-5-3-7-14-12(10)8-13-11/h1-2,4,6H,3,5,7-8H2. The van der Waals surface area contributed by atoms with E-state index in [1.54, 1.807) is 0 Å². The van der Waals surface area contributed by atoms with Crippen molar-refractivity contribution >= 4 is 17.3 Å². The van der Waals surface area contributed by atoms with E-state index in [1.807, 2.05) is 17.8 Å². The number of hydrogen-bond acceptors (Lipinski definition) is 2. The summed E-state index contributed by atoms with van der Waals surface area (Å²) in [7, 11) is 0. The molecule has 0 fully saturated rings. The second-order valence-corrected chi connectivity index (χ2v) is 4.83. The first-order valence-electron chi connectivity index (χ1n) is 5.02. The molecular formula is C12H12OS. The number of benzene rings is 1. The van der Waals surface area contributed by atoms with Crippen LogP contribution in [0.1, 0.15) is 18.4 Å². The van der Waals surface area contributed by atoms with E-state index in [0.29, 0.717) is 0 Å². The van der Waals surface area contributed by atoms with Gasteiger partial charge in [-0.3, -0.25) is 0 Å². The van der Waals surface area contributed by atoms with Gasteiger partial charge in [-0.15, -0.1) is 11.8 Å². The predicted molar refractivity (Wildman–Crippen MR) is 60.5 cm³/mol. The van der Waals surface area contributed by atoms with Crippen molar-refractivity contribution in [1.82, 2.24) is 0 Å². The molecule has 0 spiro atoms. The van der Waals surface area contributed by atoms with Crippen molar-refractivity contribution in [2.45, 2.75) is 12.8 Å². The van der Waals surface area contributed by atoms with Crippen LogP contribution in [0, 0.1) is 0 Å². The first kappa shape index (κ1) is 8.42. The summed E-state index contributed by atoms with van der Waals surface area (Å²) in [6, 6.07) is 8.38. The molecule has 14 heavy (non-hydrogen) atoms. The minimum atomic E-state index is 0.789. The number of para-hydroxylation sites is 1. The largest absolute Gasteiger partial charge is 0.488 e. The van der Waals surface area contributed by atoms with Gasteiger partial charge in [-0.05, 0) is 30.2 Å². The van der Waals surface area contributed by atoms with E-state index in [0.717, 1.165) is 12.4 Å². The summed E-state index contributed by atoms with van der Waals surface area (Å²) >= 11 is 1.97. The SMILES string of the molecule is c1ccc2c(c1)OCC1=C2CCCS1. The summed E-state index contributed by atoms with van der Waals surface area (Å²) in [5.41, 5.74) is 2.85. The fraction of sp³-hybridized carbons (Fsp3) is 0.333. The molecule has 0 bridgehead atoms. The van der Waals surface area contributed by atoms with Crippen LogP contribution in [0.15, 0.2) is 29.2 Å². The molecule has 0 unspecified atom stereocenters. The Kier molecular flexibility index (Phi) is 2.02. The maximum Gasteiger partial charge on any atom is 0.127 e. The summed E-state index contributed by atoms with van der Waals surface area (Å²) in [5.74, 6) is 2.32. The molecule has 0 radical (unpaired) electrons. The molecule has 0 amide bonds. The summed E-state index contributed by atoms with van der Waals surface area (Å²) in [5, 5.41) is 0. The van der Waals surface area contributed by atoms with Gasteiger partial charge in [0.1, 0.15) is 12.4 Å². The van der Waals surface area contributed by atoms with E-state index in [2.05, 4.69) is 18.2 Å². The van der Waals surface area contributed by atoms with Crippen LogP contribution in [0.2, 0.25) is 0 Å². The molecule has 2 aliphatic heterocycles. The van der Waals surface area contributed by atoms with E-state index in [1.165, 1.54) is 34.6 Å². The molecule has 2 heterocycles. The average Bonchev–Trinajstić information content (AvgIpc) is 2.29. The van der Waals surface area contributed by atoms with Crippen molar-refractivity contribution in [3.63, 3.8) is 0 Å². The van der Waals surface area contributed by atoms with E-state index in [9.17, 15) is 0 Å². The molecule has 3 rings (SSSR count). The van der Waals surface area contributed by atoms with Gasteiger partial charge in [0.2, 0.25) is 0 Å². The van der Waals surface area contributed by atoms with Gasteiger partial charge in [-0.25, -0.2) is 0 Å². The highest BCUT2D eigenvalue weighted by atomic mass is 32.2. The van der Waals surface area contributed by atoms with Gasteiger partial charge in [0, 0.05) is 10.5 Å². The van der Waals surface area contributed by atoms with Gasteiger partial charge >= 0.3 is 0 Å². The summed E-state index contributed by atoms with van der Waals surface area (Å²) in [6.07, 6.45) is 2.53. The maximum atomic E-state index is 5.71. The van der Waals surface area contributed by atoms with Crippen LogP contribution >= 0.6 is 11.8 Å². The Balaban J connectivity index is 2.13. The monoisotopic (exact) mass is 204 g/mol. The van der Waals surface area contributed by atoms with Crippen molar-refractivity contribution < 1.29 is 4.74 Å². The lowest BCUT2D eigenvalue weighted by molar-refractivity contribution is 0.353. The lowest BCUT2D eigenvalue weighted by Crippen LogP contribution is -2.12. The number of ether oxygens (including phenoxy) is 1. The van der Waals surface area contributed by atoms with Crippen molar-refractivity contribution in [1.29, 1.82) is 0 Å². The third kappa shape index (κ3) is 1.25. The minimum Gasteiger partial charge on any atom is -0.488 e. The van der Waals surface area contributed by atoms with E-state index in [4.69, 9.17) is 4.74 Å². The van der Waals surface area contributed by atoms with Gasteiger partial charge in [-0.1, -0.05) is 18.2 Å². The van der Waals surface area contributed by atoms with Gasteiger partial charge < -0.3 is 4.74 Å². The Bertz CT molecular complexity index is 395. The number of fused-ring (bicyclic) bond motifs is 2. The number of allylic oxidation sites excluding steroid dienone is 1. The van der Waals surface area contributed by atoms with Gasteiger partial charge in [0.15, 0.2) is 0 Å². The number of rotatable bonds is 0. The molecule has 1 aromatic carbocycles. The highest BCUT2D eigenvalue weighted by Crippen LogP contribution is 2.42. The zero-order valence-electron chi connectivity index (χ0n) is 7.95. The van der Waals surface area contributed by atoms with Crippen LogP contribution in [0.4, 0.5) is 0 Å². The Morgan fingerprint density at radius 3 is 3.14 bits per heavy atom. The lowest BCUT2D eigenvalue weighted by Gasteiger charge is -2.26. The zero-order valence-corrected chi connectivity index (χ0v) is 8.77. The highest BCUT2D eigenvalue weighted by molar-refractivity contribution is 8.03. The second-order valence-electron chi connectivity index (χ2n) is 3.64. The zero-order chi connectivity index (χ0) is 9.38. The molecule has 0 saturated carbocycles. The van der Waals surface area contributed by atoms with Crippen LogP contribution in [0.5, 0.6) is 5.75 Å². The first-order valence-corrected chi connectivity index (χ1v) is 6.01. The molecular weight excluding hydrogens is 192 g/mol. The molecule has 1 aromatic rings. The Labute approximate surface area is 88.2 Å². The van der Waals surface area contributed by atoms with Crippen molar-refractivity contribution in [3.8, 4) is 5.75 Å². The molecule has 0 aromatic heterocycles. The van der Waals surface area contributed by atoms with E-state index < -0.39 is 0 Å². The Morgan fingerprint density at radius 2 is 2.14 bits per heavy atom. The molecule has 0 N–H and O–H groups in total. The van der Waals surface area contributed by atoms with Crippen molar-refractivity contribution in [3.05, 3.63) is 34.7 Å². The minimum absolute atomic E-state index is 0.789. The second kappa shape index (κ2) is 3.35. The van der Waals surface area contributed by atoms with Gasteiger partial charge in [-0.2, -0.15) is 0 Å². The van der Waals surface area contributed by atoms with E-state index in [-0.39, 0.29) is 0 Å². The third-order valence-corrected chi connectivity index (χ3v) is 3.96. The van der Waals surface area contributed by atoms with Crippen molar-refractivity contribution in [2.75, 3.05) is 12.4 Å². The van der Waals surface area contributed by atoms with Gasteiger partial charge in [0.25, 0.3) is 0 Å². The molecule has 72 valence electrons. The molecule has 0 atom stereocenters.